The summed E-state index contributed by atoms with van der Waals surface area (Å²) in [6.45, 7) is 2.77. The fourth-order valence-electron chi connectivity index (χ4n) is 5.67. The van der Waals surface area contributed by atoms with Gasteiger partial charge in [0.2, 0.25) is 0 Å². The van der Waals surface area contributed by atoms with Crippen molar-refractivity contribution in [2.45, 2.75) is 45.3 Å². The number of nitrogens with zero attached hydrogens (tertiary/aromatic N) is 2. The molecule has 1 saturated carbocycles. The molecule has 1 amide bonds. The van der Waals surface area contributed by atoms with Gasteiger partial charge in [-0.15, -0.1) is 0 Å². The maximum atomic E-state index is 13.9. The molecule has 0 bridgehead atoms. The van der Waals surface area contributed by atoms with Crippen LogP contribution in [0.25, 0.3) is 16.8 Å². The molecular formula is C34H30I2N2O2S. The molecule has 1 saturated heterocycles. The Bertz CT molecular complexity index is 1630. The van der Waals surface area contributed by atoms with Gasteiger partial charge in [0.25, 0.3) is 5.91 Å². The number of amides is 1. The van der Waals surface area contributed by atoms with Gasteiger partial charge in [0, 0.05) is 6.04 Å². The number of hydrogen-bond acceptors (Lipinski definition) is 4. The molecule has 41 heavy (non-hydrogen) atoms. The van der Waals surface area contributed by atoms with Crippen molar-refractivity contribution in [3.8, 4) is 5.75 Å². The minimum atomic E-state index is 0.0599. The van der Waals surface area contributed by atoms with E-state index in [1.807, 2.05) is 41.3 Å². The predicted octanol–water partition coefficient (Wildman–Crippen LogP) is 9.81. The first-order valence-electron chi connectivity index (χ1n) is 13.9. The van der Waals surface area contributed by atoms with Gasteiger partial charge in [-0.3, -0.25) is 9.69 Å². The van der Waals surface area contributed by atoms with E-state index in [4.69, 9.17) is 9.73 Å². The minimum absolute atomic E-state index is 0.0599. The molecule has 2 aliphatic rings. The number of hydrogen-bond donors (Lipinski definition) is 0. The number of halogens is 2. The van der Waals surface area contributed by atoms with Crippen LogP contribution in [0.3, 0.4) is 0 Å². The number of ether oxygens (including phenoxy) is 1. The first-order chi connectivity index (χ1) is 20.0. The van der Waals surface area contributed by atoms with Crippen LogP contribution in [-0.2, 0) is 11.4 Å². The van der Waals surface area contributed by atoms with E-state index >= 15 is 0 Å². The van der Waals surface area contributed by atoms with Crippen molar-refractivity contribution in [3.63, 3.8) is 0 Å². The second-order valence-corrected chi connectivity index (χ2v) is 13.9. The van der Waals surface area contributed by atoms with E-state index in [1.165, 1.54) is 29.0 Å². The van der Waals surface area contributed by atoms with Crippen molar-refractivity contribution in [1.29, 1.82) is 0 Å². The molecule has 1 aliphatic heterocycles. The fourth-order valence-corrected chi connectivity index (χ4v) is 8.84. The minimum Gasteiger partial charge on any atom is -0.487 e. The van der Waals surface area contributed by atoms with Crippen LogP contribution in [0, 0.1) is 13.1 Å². The zero-order valence-electron chi connectivity index (χ0n) is 22.7. The Hall–Kier alpha value is -2.37. The molecule has 6 rings (SSSR count). The number of fused-ring (bicyclic) bond motifs is 1. The molecule has 2 atom stereocenters. The molecule has 1 aliphatic carbocycles. The van der Waals surface area contributed by atoms with Crippen molar-refractivity contribution in [2.24, 2.45) is 10.9 Å². The van der Waals surface area contributed by atoms with E-state index in [-0.39, 0.29) is 11.9 Å². The molecule has 0 radical (unpaired) electrons. The Morgan fingerprint density at radius 1 is 0.951 bits per heavy atom. The van der Waals surface area contributed by atoms with Gasteiger partial charge in [0.15, 0.2) is 5.17 Å². The van der Waals surface area contributed by atoms with Crippen molar-refractivity contribution in [2.75, 3.05) is 0 Å². The van der Waals surface area contributed by atoms with Crippen LogP contribution in [0.4, 0.5) is 5.69 Å². The lowest BCUT2D eigenvalue weighted by Gasteiger charge is -2.35. The molecule has 7 heteroatoms. The molecule has 0 spiro atoms. The maximum absolute atomic E-state index is 13.9. The summed E-state index contributed by atoms with van der Waals surface area (Å²) in [7, 11) is 0. The van der Waals surface area contributed by atoms with Gasteiger partial charge in [-0.25, -0.2) is 4.99 Å². The van der Waals surface area contributed by atoms with Crippen LogP contribution >= 0.6 is 56.9 Å². The second-order valence-electron chi connectivity index (χ2n) is 10.6. The highest BCUT2D eigenvalue weighted by molar-refractivity contribution is 14.1. The summed E-state index contributed by atoms with van der Waals surface area (Å²) in [4.78, 5) is 21.5. The largest absolute Gasteiger partial charge is 0.487 e. The highest BCUT2D eigenvalue weighted by Gasteiger charge is 2.41. The van der Waals surface area contributed by atoms with Crippen LogP contribution in [0.15, 0.2) is 94.8 Å². The van der Waals surface area contributed by atoms with E-state index in [0.717, 1.165) is 54.1 Å². The zero-order chi connectivity index (χ0) is 28.3. The molecular weight excluding hydrogens is 754 g/mol. The van der Waals surface area contributed by atoms with E-state index in [2.05, 4.69) is 107 Å². The summed E-state index contributed by atoms with van der Waals surface area (Å²) in [5.74, 6) is 1.38. The first-order valence-corrected chi connectivity index (χ1v) is 16.9. The van der Waals surface area contributed by atoms with Crippen LogP contribution in [0.5, 0.6) is 5.75 Å². The molecule has 0 N–H and O–H groups in total. The predicted molar refractivity (Wildman–Crippen MR) is 188 cm³/mol. The Balaban J connectivity index is 1.27. The lowest BCUT2D eigenvalue weighted by atomic mass is 9.85. The number of benzene rings is 4. The molecule has 0 aromatic heterocycles. The lowest BCUT2D eigenvalue weighted by Crippen LogP contribution is -2.44. The van der Waals surface area contributed by atoms with Crippen molar-refractivity contribution < 1.29 is 9.53 Å². The maximum Gasteiger partial charge on any atom is 0.267 e. The molecule has 1 heterocycles. The van der Waals surface area contributed by atoms with Gasteiger partial charge in [-0.05, 0) is 128 Å². The average molecular weight is 785 g/mol. The monoisotopic (exact) mass is 784 g/mol. The molecule has 208 valence electrons. The van der Waals surface area contributed by atoms with E-state index in [1.54, 1.807) is 0 Å². The quantitative estimate of drug-likeness (QED) is 0.145. The lowest BCUT2D eigenvalue weighted by molar-refractivity contribution is -0.124. The van der Waals surface area contributed by atoms with Gasteiger partial charge >= 0.3 is 0 Å². The highest BCUT2D eigenvalue weighted by Crippen LogP contribution is 2.41. The van der Waals surface area contributed by atoms with Gasteiger partial charge in [-0.2, -0.15) is 0 Å². The van der Waals surface area contributed by atoms with Crippen molar-refractivity contribution in [3.05, 3.63) is 108 Å². The van der Waals surface area contributed by atoms with Gasteiger partial charge in [0.05, 0.1) is 17.7 Å². The van der Waals surface area contributed by atoms with Crippen molar-refractivity contribution in [1.82, 2.24) is 4.90 Å². The Morgan fingerprint density at radius 2 is 1.66 bits per heavy atom. The zero-order valence-corrected chi connectivity index (χ0v) is 27.9. The van der Waals surface area contributed by atoms with E-state index in [0.29, 0.717) is 17.4 Å². The summed E-state index contributed by atoms with van der Waals surface area (Å²) in [6.07, 6.45) is 6.56. The van der Waals surface area contributed by atoms with Crippen LogP contribution in [0.1, 0.15) is 43.7 Å². The first kappa shape index (κ1) is 28.7. The molecule has 0 unspecified atom stereocenters. The third-order valence-electron chi connectivity index (χ3n) is 7.79. The highest BCUT2D eigenvalue weighted by atomic mass is 127. The molecule has 4 nitrogen and oxygen atoms in total. The SMILES string of the molecule is C[C@@H]1CCCC[C@@H]1N1C(=O)/C(=C/c2cc(I)c(OCc3cccc4ccccc34)c(I)c2)SC1=Nc1ccccc1. The number of thioether (sulfide) groups is 1. The van der Waals surface area contributed by atoms with Crippen molar-refractivity contribution >= 4 is 90.6 Å². The third kappa shape index (κ3) is 6.37. The number of para-hydroxylation sites is 1. The van der Waals surface area contributed by atoms with Gasteiger partial charge in [0.1, 0.15) is 12.4 Å². The summed E-state index contributed by atoms with van der Waals surface area (Å²) in [6, 6.07) is 29.0. The average Bonchev–Trinajstić information content (AvgIpc) is 3.27. The smallest absolute Gasteiger partial charge is 0.267 e. The van der Waals surface area contributed by atoms with Crippen LogP contribution < -0.4 is 4.74 Å². The van der Waals surface area contributed by atoms with Crippen LogP contribution in [0.2, 0.25) is 0 Å². The Labute approximate surface area is 272 Å². The number of carbonyl (C=O) groups is 1. The second kappa shape index (κ2) is 12.9. The summed E-state index contributed by atoms with van der Waals surface area (Å²) in [5, 5.41) is 3.21. The fraction of sp³-hybridized carbons (Fsp3) is 0.235. The van der Waals surface area contributed by atoms with Gasteiger partial charge in [-0.1, -0.05) is 80.4 Å². The number of carbonyl (C=O) groups excluding carboxylic acids is 1. The van der Waals surface area contributed by atoms with E-state index in [9.17, 15) is 4.79 Å². The topological polar surface area (TPSA) is 41.9 Å². The van der Waals surface area contributed by atoms with Gasteiger partial charge < -0.3 is 4.74 Å². The van der Waals surface area contributed by atoms with Crippen LogP contribution in [-0.4, -0.2) is 22.0 Å². The third-order valence-corrected chi connectivity index (χ3v) is 10.4. The Morgan fingerprint density at radius 3 is 2.44 bits per heavy atom. The summed E-state index contributed by atoms with van der Waals surface area (Å²) < 4.78 is 8.41. The van der Waals surface area contributed by atoms with E-state index < -0.39 is 0 Å². The molecule has 4 aromatic carbocycles. The molecule has 4 aromatic rings. The normalized spacial score (nSPS) is 21.2. The summed E-state index contributed by atoms with van der Waals surface area (Å²) >= 11 is 6.17. The number of rotatable bonds is 6. The standard InChI is InChI=1S/C34H30I2N2O2S/c1-22-10-5-8-17-30(22)38-33(39)31(41-34(38)37-26-14-3-2-4-15-26)20-23-18-28(35)32(29(36)19-23)40-21-25-13-9-12-24-11-6-7-16-27(24)25/h2-4,6-7,9,11-16,18-20,22,30H,5,8,10,17,21H2,1H3/b31-20-,37-34?/t22-,30+/m1/s1. The summed E-state index contributed by atoms with van der Waals surface area (Å²) in [5.41, 5.74) is 3.02. The number of amidine groups is 1. The number of aliphatic imine (C=N–C) groups is 1. The molecule has 2 fully saturated rings. The Kier molecular flexibility index (Phi) is 9.02.